The first kappa shape index (κ1) is 9.12. The van der Waals surface area contributed by atoms with E-state index in [0.29, 0.717) is 11.7 Å². The van der Waals surface area contributed by atoms with Gasteiger partial charge in [-0.25, -0.2) is 14.8 Å². The zero-order valence-electron chi connectivity index (χ0n) is 8.19. The molecule has 1 fully saturated rings. The zero-order valence-corrected chi connectivity index (χ0v) is 8.19. The minimum Gasteiger partial charge on any atom is -0.477 e. The molecule has 1 aliphatic carbocycles. The molecule has 1 saturated carbocycles. The van der Waals surface area contributed by atoms with Crippen molar-refractivity contribution in [3.63, 3.8) is 0 Å². The van der Waals surface area contributed by atoms with Crippen LogP contribution in [0.25, 0.3) is 0 Å². The molecule has 2 rings (SSSR count). The lowest BCUT2D eigenvalue weighted by atomic mass is 10.1. The Labute approximate surface area is 82.0 Å². The Hall–Kier alpha value is -1.45. The summed E-state index contributed by atoms with van der Waals surface area (Å²) >= 11 is 0. The predicted octanol–water partition coefficient (Wildman–Crippen LogP) is 1.69. The molecule has 1 aliphatic rings. The first-order valence-electron chi connectivity index (χ1n) is 4.57. The van der Waals surface area contributed by atoms with Gasteiger partial charge in [-0.1, -0.05) is 13.8 Å². The van der Waals surface area contributed by atoms with Gasteiger partial charge >= 0.3 is 5.97 Å². The van der Waals surface area contributed by atoms with Crippen LogP contribution in [0.2, 0.25) is 0 Å². The van der Waals surface area contributed by atoms with Crippen LogP contribution in [0.15, 0.2) is 12.3 Å². The first-order chi connectivity index (χ1) is 6.50. The molecule has 1 aromatic rings. The second kappa shape index (κ2) is 2.77. The molecule has 14 heavy (non-hydrogen) atoms. The van der Waals surface area contributed by atoms with E-state index in [1.54, 1.807) is 0 Å². The molecule has 1 heterocycles. The van der Waals surface area contributed by atoms with Crippen molar-refractivity contribution < 1.29 is 9.90 Å². The van der Waals surface area contributed by atoms with Crippen LogP contribution >= 0.6 is 0 Å². The van der Waals surface area contributed by atoms with E-state index in [2.05, 4.69) is 23.8 Å². The number of hydrogen-bond donors (Lipinski definition) is 1. The summed E-state index contributed by atoms with van der Waals surface area (Å²) in [5, 5.41) is 8.75. The van der Waals surface area contributed by atoms with Crippen LogP contribution in [0, 0.1) is 5.41 Å². The molecule has 0 amide bonds. The molecular formula is C10H12N2O2. The summed E-state index contributed by atoms with van der Waals surface area (Å²) < 4.78 is 0. The van der Waals surface area contributed by atoms with Crippen molar-refractivity contribution in [3.8, 4) is 0 Å². The van der Waals surface area contributed by atoms with Gasteiger partial charge in [0.2, 0.25) is 0 Å². The van der Waals surface area contributed by atoms with Crippen LogP contribution in [0.3, 0.4) is 0 Å². The van der Waals surface area contributed by atoms with Crippen LogP contribution in [-0.4, -0.2) is 21.0 Å². The molecule has 0 aliphatic heterocycles. The SMILES string of the molecule is CC1(C)CC1c1nccc(C(=O)O)n1. The highest BCUT2D eigenvalue weighted by molar-refractivity contribution is 5.85. The third kappa shape index (κ3) is 1.47. The number of aromatic carboxylic acids is 1. The molecule has 1 aromatic heterocycles. The summed E-state index contributed by atoms with van der Waals surface area (Å²) in [6, 6.07) is 1.42. The summed E-state index contributed by atoms with van der Waals surface area (Å²) in [6.45, 7) is 4.27. The number of hydrogen-bond acceptors (Lipinski definition) is 3. The van der Waals surface area contributed by atoms with Crippen LogP contribution < -0.4 is 0 Å². The van der Waals surface area contributed by atoms with Crippen molar-refractivity contribution in [2.45, 2.75) is 26.2 Å². The predicted molar refractivity (Wildman–Crippen MR) is 50.1 cm³/mol. The molecular weight excluding hydrogens is 180 g/mol. The Kier molecular flexibility index (Phi) is 1.80. The second-order valence-corrected chi connectivity index (χ2v) is 4.35. The third-order valence-electron chi connectivity index (χ3n) is 2.72. The maximum atomic E-state index is 10.7. The summed E-state index contributed by atoms with van der Waals surface area (Å²) in [4.78, 5) is 18.8. The van der Waals surface area contributed by atoms with Crippen LogP contribution in [0.5, 0.6) is 0 Å². The van der Waals surface area contributed by atoms with Gasteiger partial charge in [0, 0.05) is 12.1 Å². The molecule has 0 radical (unpaired) electrons. The Morgan fingerprint density at radius 1 is 1.64 bits per heavy atom. The van der Waals surface area contributed by atoms with Gasteiger partial charge in [0.1, 0.15) is 5.82 Å². The summed E-state index contributed by atoms with van der Waals surface area (Å²) in [5.74, 6) is -0.0104. The fourth-order valence-corrected chi connectivity index (χ4v) is 1.57. The highest BCUT2D eigenvalue weighted by Crippen LogP contribution is 2.57. The highest BCUT2D eigenvalue weighted by Gasteiger charge is 2.48. The fourth-order valence-electron chi connectivity index (χ4n) is 1.57. The smallest absolute Gasteiger partial charge is 0.354 e. The van der Waals surface area contributed by atoms with Gasteiger partial charge in [-0.2, -0.15) is 0 Å². The Balaban J connectivity index is 2.28. The second-order valence-electron chi connectivity index (χ2n) is 4.35. The first-order valence-corrected chi connectivity index (χ1v) is 4.57. The van der Waals surface area contributed by atoms with E-state index in [9.17, 15) is 4.79 Å². The van der Waals surface area contributed by atoms with E-state index in [-0.39, 0.29) is 11.1 Å². The van der Waals surface area contributed by atoms with Crippen LogP contribution in [0.4, 0.5) is 0 Å². The topological polar surface area (TPSA) is 63.1 Å². The summed E-state index contributed by atoms with van der Waals surface area (Å²) in [5.41, 5.74) is 0.314. The van der Waals surface area contributed by atoms with Crippen molar-refractivity contribution in [2.24, 2.45) is 5.41 Å². The molecule has 4 nitrogen and oxygen atoms in total. The highest BCUT2D eigenvalue weighted by atomic mass is 16.4. The fraction of sp³-hybridized carbons (Fsp3) is 0.500. The summed E-state index contributed by atoms with van der Waals surface area (Å²) in [7, 11) is 0. The minimum atomic E-state index is -0.993. The Morgan fingerprint density at radius 3 is 2.79 bits per heavy atom. The Morgan fingerprint density at radius 2 is 2.29 bits per heavy atom. The number of aromatic nitrogens is 2. The van der Waals surface area contributed by atoms with E-state index >= 15 is 0 Å². The van der Waals surface area contributed by atoms with Crippen molar-refractivity contribution in [1.82, 2.24) is 9.97 Å². The summed E-state index contributed by atoms with van der Waals surface area (Å²) in [6.07, 6.45) is 2.55. The van der Waals surface area contributed by atoms with Crippen LogP contribution in [-0.2, 0) is 0 Å². The number of nitrogens with zero attached hydrogens (tertiary/aromatic N) is 2. The lowest BCUT2D eigenvalue weighted by molar-refractivity contribution is 0.0690. The van der Waals surface area contributed by atoms with Gasteiger partial charge < -0.3 is 5.11 Å². The average Bonchev–Trinajstić information content (AvgIpc) is 2.75. The standard InChI is InChI=1S/C10H12N2O2/c1-10(2)5-6(10)8-11-4-3-7(12-8)9(13)14/h3-4,6H,5H2,1-2H3,(H,13,14). The lowest BCUT2D eigenvalue weighted by Crippen LogP contribution is -2.05. The van der Waals surface area contributed by atoms with Gasteiger partial charge in [-0.15, -0.1) is 0 Å². The lowest BCUT2D eigenvalue weighted by Gasteiger charge is -2.02. The molecule has 0 bridgehead atoms. The number of rotatable bonds is 2. The van der Waals surface area contributed by atoms with E-state index < -0.39 is 5.97 Å². The number of carboxylic acids is 1. The molecule has 0 aromatic carbocycles. The monoisotopic (exact) mass is 192 g/mol. The van der Waals surface area contributed by atoms with Crippen molar-refractivity contribution in [3.05, 3.63) is 23.8 Å². The van der Waals surface area contributed by atoms with E-state index in [1.807, 2.05) is 0 Å². The normalized spacial score (nSPS) is 23.1. The molecule has 1 unspecified atom stereocenters. The largest absolute Gasteiger partial charge is 0.477 e. The molecule has 4 heteroatoms. The molecule has 1 N–H and O–H groups in total. The van der Waals surface area contributed by atoms with Crippen molar-refractivity contribution in [1.29, 1.82) is 0 Å². The molecule has 1 atom stereocenters. The number of carboxylic acid groups (broad SMARTS) is 1. The van der Waals surface area contributed by atoms with E-state index in [0.717, 1.165) is 6.42 Å². The third-order valence-corrected chi connectivity index (χ3v) is 2.72. The van der Waals surface area contributed by atoms with Gasteiger partial charge in [0.05, 0.1) is 0 Å². The van der Waals surface area contributed by atoms with Crippen LogP contribution in [0.1, 0.15) is 42.5 Å². The molecule has 0 spiro atoms. The van der Waals surface area contributed by atoms with Gasteiger partial charge in [-0.3, -0.25) is 0 Å². The van der Waals surface area contributed by atoms with E-state index in [4.69, 9.17) is 5.11 Å². The van der Waals surface area contributed by atoms with Crippen molar-refractivity contribution >= 4 is 5.97 Å². The molecule has 0 saturated heterocycles. The van der Waals surface area contributed by atoms with Gasteiger partial charge in [0.25, 0.3) is 0 Å². The van der Waals surface area contributed by atoms with Gasteiger partial charge in [-0.05, 0) is 17.9 Å². The van der Waals surface area contributed by atoms with Gasteiger partial charge in [0.15, 0.2) is 5.69 Å². The maximum absolute atomic E-state index is 10.7. The zero-order chi connectivity index (χ0) is 10.3. The number of carbonyl (C=O) groups is 1. The Bertz CT molecular complexity index is 387. The maximum Gasteiger partial charge on any atom is 0.354 e. The quantitative estimate of drug-likeness (QED) is 0.774. The van der Waals surface area contributed by atoms with Crippen molar-refractivity contribution in [2.75, 3.05) is 0 Å². The van der Waals surface area contributed by atoms with E-state index in [1.165, 1.54) is 12.3 Å². The molecule has 74 valence electrons. The minimum absolute atomic E-state index is 0.0812. The average molecular weight is 192 g/mol.